The Bertz CT molecular complexity index is 842. The fourth-order valence-electron chi connectivity index (χ4n) is 2.65. The summed E-state index contributed by atoms with van der Waals surface area (Å²) < 4.78 is 4.68. The number of nitrogens with zero attached hydrogens (tertiary/aromatic N) is 2. The van der Waals surface area contributed by atoms with E-state index >= 15 is 0 Å². The molecule has 0 spiro atoms. The number of halogens is 1. The van der Waals surface area contributed by atoms with Gasteiger partial charge < -0.3 is 9.84 Å². The van der Waals surface area contributed by atoms with Gasteiger partial charge in [0.2, 0.25) is 0 Å². The molecule has 0 aliphatic heterocycles. The molecule has 0 atom stereocenters. The molecule has 2 rings (SSSR count). The number of methoxy groups -OCH3 is 1. The molecule has 0 amide bonds. The molecule has 0 aliphatic carbocycles. The molecule has 6 heteroatoms. The molecule has 0 heterocycles. The van der Waals surface area contributed by atoms with Crippen LogP contribution in [0.5, 0.6) is 5.75 Å². The summed E-state index contributed by atoms with van der Waals surface area (Å²) in [7, 11) is 1.38. The van der Waals surface area contributed by atoms with E-state index in [2.05, 4.69) is 15.0 Å². The lowest BCUT2D eigenvalue weighted by Crippen LogP contribution is -2.12. The van der Waals surface area contributed by atoms with Gasteiger partial charge in [0.15, 0.2) is 0 Å². The second-order valence-electron chi connectivity index (χ2n) is 7.34. The number of aryl methyl sites for hydroxylation is 1. The van der Waals surface area contributed by atoms with Crippen molar-refractivity contribution in [2.24, 2.45) is 10.2 Å². The quantitative estimate of drug-likeness (QED) is 0.469. The number of hydrogen-bond donors (Lipinski definition) is 1. The Morgan fingerprint density at radius 1 is 1.15 bits per heavy atom. The van der Waals surface area contributed by atoms with Crippen LogP contribution in [0.1, 0.15) is 44.7 Å². The van der Waals surface area contributed by atoms with Crippen molar-refractivity contribution in [1.82, 2.24) is 0 Å². The molecule has 0 saturated carbocycles. The predicted octanol–water partition coefficient (Wildman–Crippen LogP) is 6.25. The van der Waals surface area contributed by atoms with Gasteiger partial charge in [0.1, 0.15) is 17.1 Å². The van der Waals surface area contributed by atoms with Crippen LogP contribution in [0.4, 0.5) is 11.4 Å². The number of ether oxygens (including phenoxy) is 1. The van der Waals surface area contributed by atoms with Crippen LogP contribution >= 0.6 is 11.6 Å². The van der Waals surface area contributed by atoms with Crippen LogP contribution in [0.25, 0.3) is 0 Å². The second kappa shape index (κ2) is 9.00. The Morgan fingerprint density at radius 2 is 1.81 bits per heavy atom. The van der Waals surface area contributed by atoms with Gasteiger partial charge in [0, 0.05) is 12.0 Å². The van der Waals surface area contributed by atoms with Crippen molar-refractivity contribution in [3.05, 3.63) is 52.5 Å². The SMILES string of the molecule is COC(=O)CCCc1cc(N=Nc2ccccc2Cl)c(O)c(C(C)(C)C)c1. The molecular formula is C21H25ClN2O3. The number of hydrogen-bond acceptors (Lipinski definition) is 5. The highest BCUT2D eigenvalue weighted by atomic mass is 35.5. The van der Waals surface area contributed by atoms with Gasteiger partial charge in [0.25, 0.3) is 0 Å². The first kappa shape index (κ1) is 20.9. The topological polar surface area (TPSA) is 71.2 Å². The van der Waals surface area contributed by atoms with E-state index in [1.165, 1.54) is 7.11 Å². The minimum Gasteiger partial charge on any atom is -0.505 e. The molecule has 1 N–H and O–H groups in total. The maximum absolute atomic E-state index is 11.3. The highest BCUT2D eigenvalue weighted by molar-refractivity contribution is 6.32. The average Bonchev–Trinajstić information content (AvgIpc) is 2.61. The molecule has 2 aromatic carbocycles. The zero-order valence-electron chi connectivity index (χ0n) is 16.1. The number of phenols is 1. The van der Waals surface area contributed by atoms with E-state index in [0.717, 1.165) is 11.1 Å². The molecule has 27 heavy (non-hydrogen) atoms. The Labute approximate surface area is 165 Å². The third-order valence-corrected chi connectivity index (χ3v) is 4.47. The Balaban J connectivity index is 2.35. The molecule has 0 radical (unpaired) electrons. The van der Waals surface area contributed by atoms with Crippen molar-refractivity contribution in [2.75, 3.05) is 7.11 Å². The van der Waals surface area contributed by atoms with Crippen LogP contribution in [0.2, 0.25) is 5.02 Å². The van der Waals surface area contributed by atoms with Crippen molar-refractivity contribution >= 4 is 28.9 Å². The van der Waals surface area contributed by atoms with Crippen molar-refractivity contribution < 1.29 is 14.6 Å². The van der Waals surface area contributed by atoms with E-state index in [0.29, 0.717) is 35.7 Å². The van der Waals surface area contributed by atoms with E-state index in [1.54, 1.807) is 18.2 Å². The largest absolute Gasteiger partial charge is 0.505 e. The van der Waals surface area contributed by atoms with Crippen LogP contribution < -0.4 is 0 Å². The van der Waals surface area contributed by atoms with Crippen LogP contribution in [-0.4, -0.2) is 18.2 Å². The lowest BCUT2D eigenvalue weighted by atomic mass is 9.84. The number of azo groups is 1. The molecule has 144 valence electrons. The molecule has 0 aliphatic rings. The first-order chi connectivity index (χ1) is 12.7. The smallest absolute Gasteiger partial charge is 0.305 e. The van der Waals surface area contributed by atoms with E-state index in [1.807, 2.05) is 39.0 Å². The number of phenolic OH excluding ortho intramolecular Hbond substituents is 1. The maximum Gasteiger partial charge on any atom is 0.305 e. The zero-order chi connectivity index (χ0) is 20.0. The summed E-state index contributed by atoms with van der Waals surface area (Å²) >= 11 is 6.12. The lowest BCUT2D eigenvalue weighted by molar-refractivity contribution is -0.140. The maximum atomic E-state index is 11.3. The van der Waals surface area contributed by atoms with Gasteiger partial charge in [-0.2, -0.15) is 0 Å². The third-order valence-electron chi connectivity index (χ3n) is 4.15. The Hall–Kier alpha value is -2.40. The third kappa shape index (κ3) is 5.79. The number of benzene rings is 2. The zero-order valence-corrected chi connectivity index (χ0v) is 16.9. The molecule has 2 aromatic rings. The van der Waals surface area contributed by atoms with Crippen molar-refractivity contribution in [2.45, 2.75) is 45.4 Å². The fourth-order valence-corrected chi connectivity index (χ4v) is 2.82. The normalized spacial score (nSPS) is 11.7. The van der Waals surface area contributed by atoms with Crippen molar-refractivity contribution in [3.8, 4) is 5.75 Å². The van der Waals surface area contributed by atoms with Crippen LogP contribution in [0.15, 0.2) is 46.6 Å². The summed E-state index contributed by atoms with van der Waals surface area (Å²) in [5.74, 6) is -0.126. The number of aromatic hydroxyl groups is 1. The summed E-state index contributed by atoms with van der Waals surface area (Å²) in [6, 6.07) is 10.9. The molecule has 0 fully saturated rings. The summed E-state index contributed by atoms with van der Waals surface area (Å²) in [6.45, 7) is 6.07. The molecular weight excluding hydrogens is 364 g/mol. The van der Waals surface area contributed by atoms with Gasteiger partial charge in [-0.25, -0.2) is 0 Å². The van der Waals surface area contributed by atoms with E-state index in [4.69, 9.17) is 11.6 Å². The molecule has 0 aromatic heterocycles. The van der Waals surface area contributed by atoms with Crippen molar-refractivity contribution in [1.29, 1.82) is 0 Å². The first-order valence-corrected chi connectivity index (χ1v) is 9.19. The Kier molecular flexibility index (Phi) is 6.97. The Morgan fingerprint density at radius 3 is 2.44 bits per heavy atom. The van der Waals surface area contributed by atoms with Gasteiger partial charge in [-0.05, 0) is 42.0 Å². The lowest BCUT2D eigenvalue weighted by Gasteiger charge is -2.22. The minimum atomic E-state index is -0.267. The highest BCUT2D eigenvalue weighted by Crippen LogP contribution is 2.40. The van der Waals surface area contributed by atoms with Gasteiger partial charge in [0.05, 0.1) is 12.1 Å². The summed E-state index contributed by atoms with van der Waals surface area (Å²) in [4.78, 5) is 11.3. The summed E-state index contributed by atoms with van der Waals surface area (Å²) in [6.07, 6.45) is 1.67. The summed E-state index contributed by atoms with van der Waals surface area (Å²) in [5.41, 5.74) is 2.42. The molecule has 5 nitrogen and oxygen atoms in total. The standard InChI is InChI=1S/C21H25ClN2O3/c1-21(2,3)15-12-14(8-7-11-19(25)27-4)13-18(20(15)26)24-23-17-10-6-5-9-16(17)22/h5-6,9-10,12-13,26H,7-8,11H2,1-4H3. The molecule has 0 saturated heterocycles. The second-order valence-corrected chi connectivity index (χ2v) is 7.75. The highest BCUT2D eigenvalue weighted by Gasteiger charge is 2.21. The van der Waals surface area contributed by atoms with E-state index in [-0.39, 0.29) is 17.1 Å². The van der Waals surface area contributed by atoms with Crippen molar-refractivity contribution in [3.63, 3.8) is 0 Å². The van der Waals surface area contributed by atoms with Crippen LogP contribution in [0.3, 0.4) is 0 Å². The van der Waals surface area contributed by atoms with Crippen LogP contribution in [0, 0.1) is 0 Å². The van der Waals surface area contributed by atoms with Crippen LogP contribution in [-0.2, 0) is 21.4 Å². The van der Waals surface area contributed by atoms with E-state index < -0.39 is 0 Å². The van der Waals surface area contributed by atoms with Gasteiger partial charge in [-0.1, -0.05) is 50.6 Å². The molecule has 0 bridgehead atoms. The number of carbonyl (C=O) groups is 1. The van der Waals surface area contributed by atoms with E-state index in [9.17, 15) is 9.90 Å². The molecule has 0 unspecified atom stereocenters. The van der Waals surface area contributed by atoms with Gasteiger partial charge in [-0.15, -0.1) is 10.2 Å². The number of carbonyl (C=O) groups excluding carboxylic acids is 1. The van der Waals surface area contributed by atoms with Gasteiger partial charge in [-0.3, -0.25) is 4.79 Å². The first-order valence-electron chi connectivity index (χ1n) is 8.82. The number of rotatable bonds is 6. The fraction of sp³-hybridized carbons (Fsp3) is 0.381. The average molecular weight is 389 g/mol. The number of esters is 1. The van der Waals surface area contributed by atoms with Gasteiger partial charge >= 0.3 is 5.97 Å². The predicted molar refractivity (Wildman–Crippen MR) is 107 cm³/mol. The summed E-state index contributed by atoms with van der Waals surface area (Å²) in [5, 5.41) is 19.6. The monoisotopic (exact) mass is 388 g/mol. The minimum absolute atomic E-state index is 0.107.